The van der Waals surface area contributed by atoms with Crippen LogP contribution in [0.1, 0.15) is 24.5 Å². The molecule has 0 aromatic heterocycles. The number of carbonyl (C=O) groups excluding carboxylic acids is 2. The Morgan fingerprint density at radius 1 is 0.841 bits per heavy atom. The van der Waals surface area contributed by atoms with Gasteiger partial charge in [0, 0.05) is 24.0 Å². The maximum Gasteiger partial charge on any atom is 0.264 e. The maximum atomic E-state index is 14.4. The van der Waals surface area contributed by atoms with Crippen LogP contribution < -0.4 is 14.4 Å². The molecule has 10 heteroatoms. The summed E-state index contributed by atoms with van der Waals surface area (Å²) in [4.78, 5) is 29.6. The number of halogens is 1. The predicted octanol–water partition coefficient (Wildman–Crippen LogP) is 5.82. The molecule has 0 saturated heterocycles. The lowest BCUT2D eigenvalue weighted by molar-refractivity contribution is -0.140. The van der Waals surface area contributed by atoms with Crippen molar-refractivity contribution in [1.29, 1.82) is 0 Å². The van der Waals surface area contributed by atoms with E-state index in [1.54, 1.807) is 42.5 Å². The van der Waals surface area contributed by atoms with Crippen LogP contribution in [0.3, 0.4) is 0 Å². The van der Waals surface area contributed by atoms with E-state index < -0.39 is 28.5 Å². The number of ether oxygens (including phenoxy) is 1. The van der Waals surface area contributed by atoms with E-state index in [9.17, 15) is 18.0 Å². The summed E-state index contributed by atoms with van der Waals surface area (Å²) in [6.45, 7) is 1.99. The van der Waals surface area contributed by atoms with Gasteiger partial charge in [-0.3, -0.25) is 13.9 Å². The third-order valence-corrected chi connectivity index (χ3v) is 9.37. The van der Waals surface area contributed by atoms with E-state index in [2.05, 4.69) is 21.2 Å². The van der Waals surface area contributed by atoms with Crippen molar-refractivity contribution in [3.8, 4) is 5.75 Å². The number of sulfonamides is 1. The zero-order valence-corrected chi connectivity index (χ0v) is 27.1. The second kappa shape index (κ2) is 15.5. The number of amides is 2. The van der Waals surface area contributed by atoms with Crippen molar-refractivity contribution in [2.75, 3.05) is 24.5 Å². The third kappa shape index (κ3) is 8.48. The molecule has 0 radical (unpaired) electrons. The number of anilines is 1. The van der Waals surface area contributed by atoms with Gasteiger partial charge in [0.2, 0.25) is 11.8 Å². The molecule has 0 unspecified atom stereocenters. The Kier molecular flexibility index (Phi) is 11.6. The highest BCUT2D eigenvalue weighted by molar-refractivity contribution is 9.10. The number of hydrogen-bond acceptors (Lipinski definition) is 5. The number of carbonyl (C=O) groups is 2. The van der Waals surface area contributed by atoms with E-state index >= 15 is 0 Å². The molecule has 8 nitrogen and oxygen atoms in total. The molecule has 0 spiro atoms. The van der Waals surface area contributed by atoms with Gasteiger partial charge in [-0.25, -0.2) is 8.42 Å². The molecule has 4 rings (SSSR count). The standard InChI is InChI=1S/C34H36BrN3O5S/c1-3-22-36-34(40)32(23-26-10-6-4-7-11-26)37(24-27-14-16-28(35)17-15-27)33(39)25-38(29-18-20-30(43-2)21-19-29)44(41,42)31-12-8-5-9-13-31/h4-21,32H,3,22-25H2,1-2H3,(H,36,40)/t32-/m1/s1. The minimum atomic E-state index is -4.16. The SMILES string of the molecule is CCCNC(=O)[C@@H](Cc1ccccc1)N(Cc1ccc(Br)cc1)C(=O)CN(c1ccc(OC)cc1)S(=O)(=O)c1ccccc1. The lowest BCUT2D eigenvalue weighted by Crippen LogP contribution is -2.53. The summed E-state index contributed by atoms with van der Waals surface area (Å²) in [6, 6.07) is 30.5. The highest BCUT2D eigenvalue weighted by atomic mass is 79.9. The Hall–Kier alpha value is -4.15. The van der Waals surface area contributed by atoms with Crippen molar-refractivity contribution in [2.45, 2.75) is 37.2 Å². The lowest BCUT2D eigenvalue weighted by atomic mass is 10.0. The highest BCUT2D eigenvalue weighted by Gasteiger charge is 2.34. The smallest absolute Gasteiger partial charge is 0.264 e. The molecule has 44 heavy (non-hydrogen) atoms. The van der Waals surface area contributed by atoms with Crippen LogP contribution in [0, 0.1) is 0 Å². The molecule has 4 aromatic rings. The molecule has 0 aliphatic heterocycles. The monoisotopic (exact) mass is 677 g/mol. The van der Waals surface area contributed by atoms with Crippen molar-refractivity contribution < 1.29 is 22.7 Å². The van der Waals surface area contributed by atoms with Crippen molar-refractivity contribution in [1.82, 2.24) is 10.2 Å². The molecule has 1 atom stereocenters. The van der Waals surface area contributed by atoms with Gasteiger partial charge in [0.1, 0.15) is 18.3 Å². The van der Waals surface area contributed by atoms with Crippen LogP contribution in [0.15, 0.2) is 119 Å². The first-order chi connectivity index (χ1) is 21.2. The Bertz CT molecular complexity index is 1620. The summed E-state index contributed by atoms with van der Waals surface area (Å²) in [5.74, 6) is -0.275. The van der Waals surface area contributed by atoms with Crippen molar-refractivity contribution in [2.24, 2.45) is 0 Å². The summed E-state index contributed by atoms with van der Waals surface area (Å²) < 4.78 is 35.3. The van der Waals surface area contributed by atoms with Gasteiger partial charge in [-0.05, 0) is 66.1 Å². The minimum Gasteiger partial charge on any atom is -0.497 e. The molecule has 0 fully saturated rings. The van der Waals surface area contributed by atoms with Gasteiger partial charge < -0.3 is 15.0 Å². The molecule has 2 amide bonds. The Balaban J connectivity index is 1.78. The van der Waals surface area contributed by atoms with Crippen LogP contribution >= 0.6 is 15.9 Å². The Morgan fingerprint density at radius 3 is 2.05 bits per heavy atom. The van der Waals surface area contributed by atoms with Crippen LogP contribution in [0.2, 0.25) is 0 Å². The minimum absolute atomic E-state index is 0.0459. The predicted molar refractivity (Wildman–Crippen MR) is 176 cm³/mol. The molecule has 0 bridgehead atoms. The van der Waals surface area contributed by atoms with Crippen LogP contribution in [0.4, 0.5) is 5.69 Å². The largest absolute Gasteiger partial charge is 0.497 e. The van der Waals surface area contributed by atoms with Crippen molar-refractivity contribution in [3.05, 3.63) is 125 Å². The number of benzene rings is 4. The molecule has 0 saturated carbocycles. The van der Waals surface area contributed by atoms with Gasteiger partial charge in [-0.1, -0.05) is 83.5 Å². The Labute approximate surface area is 267 Å². The van der Waals surface area contributed by atoms with Crippen LogP contribution in [0.25, 0.3) is 0 Å². The third-order valence-electron chi connectivity index (χ3n) is 7.06. The van der Waals surface area contributed by atoms with E-state index in [0.29, 0.717) is 18.0 Å². The van der Waals surface area contributed by atoms with Crippen molar-refractivity contribution in [3.63, 3.8) is 0 Å². The molecular weight excluding hydrogens is 642 g/mol. The van der Waals surface area contributed by atoms with Gasteiger partial charge >= 0.3 is 0 Å². The fraction of sp³-hybridized carbons (Fsp3) is 0.235. The van der Waals surface area contributed by atoms with Crippen molar-refractivity contribution >= 4 is 43.5 Å². The molecule has 0 aliphatic carbocycles. The van der Waals surface area contributed by atoms with Gasteiger partial charge in [0.05, 0.1) is 17.7 Å². The lowest BCUT2D eigenvalue weighted by Gasteiger charge is -2.34. The van der Waals surface area contributed by atoms with Crippen LogP contribution in [-0.4, -0.2) is 51.4 Å². The zero-order chi connectivity index (χ0) is 31.5. The fourth-order valence-electron chi connectivity index (χ4n) is 4.70. The normalized spacial score (nSPS) is 11.8. The number of hydrogen-bond donors (Lipinski definition) is 1. The van der Waals surface area contributed by atoms with Crippen LogP contribution in [-0.2, 0) is 32.6 Å². The van der Waals surface area contributed by atoms with E-state index in [0.717, 1.165) is 26.3 Å². The van der Waals surface area contributed by atoms with Gasteiger partial charge in [-0.2, -0.15) is 0 Å². The van der Waals surface area contributed by atoms with E-state index in [4.69, 9.17) is 4.74 Å². The molecule has 0 aliphatic rings. The first kappa shape index (κ1) is 32.8. The van der Waals surface area contributed by atoms with Crippen LogP contribution in [0.5, 0.6) is 5.75 Å². The quantitative estimate of drug-likeness (QED) is 0.182. The molecule has 230 valence electrons. The van der Waals surface area contributed by atoms with E-state index in [1.807, 2.05) is 61.5 Å². The average Bonchev–Trinajstić information content (AvgIpc) is 3.05. The first-order valence-corrected chi connectivity index (χ1v) is 16.5. The zero-order valence-electron chi connectivity index (χ0n) is 24.7. The molecule has 0 heterocycles. The van der Waals surface area contributed by atoms with E-state index in [-0.39, 0.29) is 23.8 Å². The summed E-state index contributed by atoms with van der Waals surface area (Å²) in [6.07, 6.45) is 0.984. The summed E-state index contributed by atoms with van der Waals surface area (Å²) in [5, 5.41) is 2.95. The topological polar surface area (TPSA) is 96.0 Å². The van der Waals surface area contributed by atoms with Gasteiger partial charge in [0.15, 0.2) is 0 Å². The first-order valence-electron chi connectivity index (χ1n) is 14.3. The summed E-state index contributed by atoms with van der Waals surface area (Å²) in [7, 11) is -2.64. The number of rotatable bonds is 14. The second-order valence-corrected chi connectivity index (χ2v) is 12.9. The Morgan fingerprint density at radius 2 is 1.45 bits per heavy atom. The van der Waals surface area contributed by atoms with E-state index in [1.165, 1.54) is 24.1 Å². The highest BCUT2D eigenvalue weighted by Crippen LogP contribution is 2.27. The van der Waals surface area contributed by atoms with Gasteiger partial charge in [-0.15, -0.1) is 0 Å². The molecule has 1 N–H and O–H groups in total. The average molecular weight is 679 g/mol. The number of nitrogens with zero attached hydrogens (tertiary/aromatic N) is 2. The molecular formula is C34H36BrN3O5S. The van der Waals surface area contributed by atoms with Gasteiger partial charge in [0.25, 0.3) is 10.0 Å². The summed E-state index contributed by atoms with van der Waals surface area (Å²) in [5.41, 5.74) is 1.97. The molecule has 4 aromatic carbocycles. The number of nitrogens with one attached hydrogen (secondary N) is 1. The fourth-order valence-corrected chi connectivity index (χ4v) is 6.40. The summed E-state index contributed by atoms with van der Waals surface area (Å²) >= 11 is 3.45. The number of methoxy groups -OCH3 is 1. The maximum absolute atomic E-state index is 14.4. The second-order valence-electron chi connectivity index (χ2n) is 10.2.